The zero-order valence-corrected chi connectivity index (χ0v) is 16.2. The summed E-state index contributed by atoms with van der Waals surface area (Å²) in [6, 6.07) is 7.25. The van der Waals surface area contributed by atoms with E-state index in [1.807, 2.05) is 32.9 Å². The number of halogens is 1. The van der Waals surface area contributed by atoms with Gasteiger partial charge in [0.2, 0.25) is 0 Å². The highest BCUT2D eigenvalue weighted by molar-refractivity contribution is 6.32. The average molecular weight is 378 g/mol. The first-order valence-electron chi connectivity index (χ1n) is 8.39. The Morgan fingerprint density at radius 3 is 2.65 bits per heavy atom. The molecular formula is C19H24ClN3O3. The predicted molar refractivity (Wildman–Crippen MR) is 101 cm³/mol. The Labute approximate surface area is 158 Å². The Balaban J connectivity index is 2.15. The number of ether oxygens (including phenoxy) is 2. The summed E-state index contributed by atoms with van der Waals surface area (Å²) in [4.78, 5) is 19.7. The van der Waals surface area contributed by atoms with Gasteiger partial charge < -0.3 is 15.2 Å². The van der Waals surface area contributed by atoms with E-state index < -0.39 is 11.7 Å². The summed E-state index contributed by atoms with van der Waals surface area (Å²) in [7, 11) is 0. The number of aryl methyl sites for hydroxylation is 1. The van der Waals surface area contributed by atoms with E-state index in [1.165, 1.54) is 0 Å². The van der Waals surface area contributed by atoms with Gasteiger partial charge >= 0.3 is 6.09 Å². The van der Waals surface area contributed by atoms with Crippen molar-refractivity contribution in [3.05, 3.63) is 41.3 Å². The van der Waals surface area contributed by atoms with Crippen molar-refractivity contribution < 1.29 is 14.3 Å². The van der Waals surface area contributed by atoms with Gasteiger partial charge in [0.15, 0.2) is 0 Å². The van der Waals surface area contributed by atoms with E-state index in [0.29, 0.717) is 28.9 Å². The third-order valence-electron chi connectivity index (χ3n) is 3.72. The van der Waals surface area contributed by atoms with Crippen LogP contribution >= 0.6 is 11.6 Å². The second-order valence-corrected chi connectivity index (χ2v) is 7.30. The van der Waals surface area contributed by atoms with Gasteiger partial charge in [-0.2, -0.15) is 0 Å². The van der Waals surface area contributed by atoms with Gasteiger partial charge in [-0.15, -0.1) is 0 Å². The number of nitrogens with two attached hydrogens (primary N) is 1. The predicted octanol–water partition coefficient (Wildman–Crippen LogP) is 4.38. The van der Waals surface area contributed by atoms with Crippen LogP contribution in [-0.4, -0.2) is 28.3 Å². The largest absolute Gasteiger partial charge is 0.488 e. The molecule has 1 aromatic heterocycles. The first-order valence-corrected chi connectivity index (χ1v) is 8.77. The summed E-state index contributed by atoms with van der Waals surface area (Å²) in [5.74, 6) is 1.50. The lowest BCUT2D eigenvalue weighted by atomic mass is 9.95. The standard InChI is InChI=1S/C19H24ClN3O3/c1-12(2)10-19(4,26-18(21)24)11-25-17-6-5-14(9-15(17)20)16-7-8-22-13(3)23-16/h5-9,12H,10-11H2,1-4H3,(H2,21,24)/t19-/m0/s1. The third-order valence-corrected chi connectivity index (χ3v) is 4.02. The van der Waals surface area contributed by atoms with Crippen LogP contribution in [0.25, 0.3) is 11.3 Å². The van der Waals surface area contributed by atoms with Crippen molar-refractivity contribution >= 4 is 17.7 Å². The molecule has 2 N–H and O–H groups in total. The van der Waals surface area contributed by atoms with Gasteiger partial charge in [0.1, 0.15) is 23.8 Å². The smallest absolute Gasteiger partial charge is 0.405 e. The van der Waals surface area contributed by atoms with E-state index in [-0.39, 0.29) is 6.61 Å². The lowest BCUT2D eigenvalue weighted by Crippen LogP contribution is -2.41. The fourth-order valence-corrected chi connectivity index (χ4v) is 3.10. The van der Waals surface area contributed by atoms with E-state index in [0.717, 1.165) is 11.3 Å². The Hall–Kier alpha value is -2.34. The third kappa shape index (κ3) is 5.59. The Kier molecular flexibility index (Phi) is 6.42. The molecule has 0 bridgehead atoms. The van der Waals surface area contributed by atoms with Crippen molar-refractivity contribution in [3.63, 3.8) is 0 Å². The number of benzene rings is 1. The van der Waals surface area contributed by atoms with Crippen molar-refractivity contribution in [3.8, 4) is 17.0 Å². The van der Waals surface area contributed by atoms with Gasteiger partial charge in [0, 0.05) is 11.8 Å². The molecule has 2 rings (SSSR count). The SMILES string of the molecule is Cc1nccc(-c2ccc(OC[C@](C)(CC(C)C)OC(N)=O)c(Cl)c2)n1. The molecule has 0 saturated heterocycles. The Morgan fingerprint density at radius 2 is 2.08 bits per heavy atom. The molecule has 0 unspecified atom stereocenters. The fourth-order valence-electron chi connectivity index (χ4n) is 2.86. The van der Waals surface area contributed by atoms with Gasteiger partial charge in [-0.3, -0.25) is 0 Å². The highest BCUT2D eigenvalue weighted by atomic mass is 35.5. The summed E-state index contributed by atoms with van der Waals surface area (Å²) in [6.07, 6.45) is 1.50. The number of primary amides is 1. The van der Waals surface area contributed by atoms with Crippen molar-refractivity contribution in [2.75, 3.05) is 6.61 Å². The highest BCUT2D eigenvalue weighted by Crippen LogP contribution is 2.31. The molecule has 6 nitrogen and oxygen atoms in total. The molecule has 0 spiro atoms. The number of hydrogen-bond acceptors (Lipinski definition) is 5. The molecule has 2 aromatic rings. The van der Waals surface area contributed by atoms with Gasteiger partial charge in [0.05, 0.1) is 10.7 Å². The van der Waals surface area contributed by atoms with Crippen LogP contribution in [-0.2, 0) is 4.74 Å². The number of rotatable bonds is 7. The van der Waals surface area contributed by atoms with Gasteiger partial charge in [-0.05, 0) is 50.5 Å². The maximum Gasteiger partial charge on any atom is 0.405 e. The van der Waals surface area contributed by atoms with Crippen molar-refractivity contribution in [2.45, 2.75) is 39.7 Å². The Morgan fingerprint density at radius 1 is 1.35 bits per heavy atom. The van der Waals surface area contributed by atoms with E-state index in [4.69, 9.17) is 26.8 Å². The molecule has 0 radical (unpaired) electrons. The summed E-state index contributed by atoms with van der Waals surface area (Å²) in [6.45, 7) is 7.85. The molecule has 0 fully saturated rings. The molecule has 0 aliphatic rings. The molecule has 140 valence electrons. The van der Waals surface area contributed by atoms with Crippen LogP contribution in [0.3, 0.4) is 0 Å². The highest BCUT2D eigenvalue weighted by Gasteiger charge is 2.30. The van der Waals surface area contributed by atoms with E-state index in [1.54, 1.807) is 25.3 Å². The summed E-state index contributed by atoms with van der Waals surface area (Å²) < 4.78 is 11.1. The van der Waals surface area contributed by atoms with Gasteiger partial charge in [-0.25, -0.2) is 14.8 Å². The quantitative estimate of drug-likeness (QED) is 0.773. The van der Waals surface area contributed by atoms with Crippen LogP contribution in [0.4, 0.5) is 4.79 Å². The lowest BCUT2D eigenvalue weighted by molar-refractivity contribution is -0.0185. The van der Waals surface area contributed by atoms with Crippen molar-refractivity contribution in [2.24, 2.45) is 11.7 Å². The summed E-state index contributed by atoms with van der Waals surface area (Å²) in [5, 5.41) is 0.449. The normalized spacial score (nSPS) is 13.3. The number of amides is 1. The monoisotopic (exact) mass is 377 g/mol. The van der Waals surface area contributed by atoms with Crippen LogP contribution < -0.4 is 10.5 Å². The maximum absolute atomic E-state index is 11.2. The van der Waals surface area contributed by atoms with Gasteiger partial charge in [0.25, 0.3) is 0 Å². The molecule has 1 heterocycles. The minimum atomic E-state index is -0.828. The first kappa shape index (κ1) is 20.0. The summed E-state index contributed by atoms with van der Waals surface area (Å²) >= 11 is 6.36. The van der Waals surface area contributed by atoms with Crippen LogP contribution in [0.2, 0.25) is 5.02 Å². The van der Waals surface area contributed by atoms with Crippen LogP contribution in [0.5, 0.6) is 5.75 Å². The molecule has 7 heteroatoms. The lowest BCUT2D eigenvalue weighted by Gasteiger charge is -2.30. The van der Waals surface area contributed by atoms with Gasteiger partial charge in [-0.1, -0.05) is 25.4 Å². The second kappa shape index (κ2) is 8.36. The van der Waals surface area contributed by atoms with Crippen LogP contribution in [0, 0.1) is 12.8 Å². The number of carbonyl (C=O) groups excluding carboxylic acids is 1. The van der Waals surface area contributed by atoms with Crippen LogP contribution in [0.1, 0.15) is 33.0 Å². The van der Waals surface area contributed by atoms with Crippen LogP contribution in [0.15, 0.2) is 30.5 Å². The number of aromatic nitrogens is 2. The molecule has 1 amide bonds. The van der Waals surface area contributed by atoms with Crippen molar-refractivity contribution in [1.29, 1.82) is 0 Å². The fraction of sp³-hybridized carbons (Fsp3) is 0.421. The number of carbonyl (C=O) groups is 1. The minimum Gasteiger partial charge on any atom is -0.488 e. The minimum absolute atomic E-state index is 0.153. The molecule has 1 aromatic carbocycles. The zero-order valence-electron chi connectivity index (χ0n) is 15.5. The molecule has 26 heavy (non-hydrogen) atoms. The zero-order chi connectivity index (χ0) is 19.3. The van der Waals surface area contributed by atoms with E-state index in [9.17, 15) is 4.79 Å². The van der Waals surface area contributed by atoms with Crippen molar-refractivity contribution in [1.82, 2.24) is 9.97 Å². The maximum atomic E-state index is 11.2. The topological polar surface area (TPSA) is 87.3 Å². The Bertz CT molecular complexity index is 782. The molecule has 1 atom stereocenters. The number of hydrogen-bond donors (Lipinski definition) is 1. The van der Waals surface area contributed by atoms with E-state index in [2.05, 4.69) is 9.97 Å². The molecule has 0 saturated carbocycles. The second-order valence-electron chi connectivity index (χ2n) is 6.89. The number of nitrogens with zero attached hydrogens (tertiary/aromatic N) is 2. The summed E-state index contributed by atoms with van der Waals surface area (Å²) in [5.41, 5.74) is 6.02. The molecular weight excluding hydrogens is 354 g/mol. The average Bonchev–Trinajstić information content (AvgIpc) is 2.52. The molecule has 0 aliphatic heterocycles. The first-order chi connectivity index (χ1) is 12.2. The molecule has 0 aliphatic carbocycles. The van der Waals surface area contributed by atoms with E-state index >= 15 is 0 Å².